The first-order chi connectivity index (χ1) is 13.8. The van der Waals surface area contributed by atoms with E-state index in [0.29, 0.717) is 0 Å². The summed E-state index contributed by atoms with van der Waals surface area (Å²) >= 11 is 0. The highest BCUT2D eigenvalue weighted by molar-refractivity contribution is 5.77. The van der Waals surface area contributed by atoms with Gasteiger partial charge >= 0.3 is 0 Å². The molecule has 0 unspecified atom stereocenters. The van der Waals surface area contributed by atoms with E-state index in [9.17, 15) is 0 Å². The van der Waals surface area contributed by atoms with Crippen molar-refractivity contribution in [2.45, 2.75) is 26.0 Å². The highest BCUT2D eigenvalue weighted by Crippen LogP contribution is 2.33. The molecule has 0 radical (unpaired) electrons. The van der Waals surface area contributed by atoms with Gasteiger partial charge in [-0.05, 0) is 24.1 Å². The fourth-order valence-electron chi connectivity index (χ4n) is 3.80. The fraction of sp³-hybridized carbons (Fsp3) is 0.174. The van der Waals surface area contributed by atoms with Crippen molar-refractivity contribution in [2.24, 2.45) is 0 Å². The molecule has 138 valence electrons. The van der Waals surface area contributed by atoms with Crippen LogP contribution < -0.4 is 4.74 Å². The number of ether oxygens (including phenoxy) is 1. The van der Waals surface area contributed by atoms with Crippen LogP contribution in [0.4, 0.5) is 0 Å². The minimum Gasteiger partial charge on any atom is -0.490 e. The van der Waals surface area contributed by atoms with E-state index in [2.05, 4.69) is 51.8 Å². The zero-order chi connectivity index (χ0) is 18.9. The van der Waals surface area contributed by atoms with Gasteiger partial charge in [-0.3, -0.25) is 0 Å². The summed E-state index contributed by atoms with van der Waals surface area (Å²) in [5, 5.41) is 0. The standard InChI is InChI=1S/C23H20N4O/c1-16-9-19-10-17(7-8-21(19)28-16)13-27-15-26-22(18-5-3-2-4-6-18)23(27)20-11-24-14-25-12-20/h2-8,10-12,14-16H,9,13H2,1H3/t16-/m0/s1. The molecule has 0 saturated carbocycles. The maximum Gasteiger partial charge on any atom is 0.123 e. The third kappa shape index (κ3) is 3.05. The van der Waals surface area contributed by atoms with E-state index in [1.807, 2.05) is 36.9 Å². The predicted octanol–water partition coefficient (Wildman–Crippen LogP) is 4.38. The summed E-state index contributed by atoms with van der Waals surface area (Å²) in [5.41, 5.74) is 6.50. The minimum atomic E-state index is 0.250. The van der Waals surface area contributed by atoms with Crippen molar-refractivity contribution < 1.29 is 4.74 Å². The van der Waals surface area contributed by atoms with Crippen molar-refractivity contribution in [3.8, 4) is 28.3 Å². The number of nitrogens with zero attached hydrogens (tertiary/aromatic N) is 4. The number of hydrogen-bond donors (Lipinski definition) is 0. The van der Waals surface area contributed by atoms with Crippen LogP contribution in [0.1, 0.15) is 18.1 Å². The average Bonchev–Trinajstić information content (AvgIpc) is 3.31. The molecule has 0 bridgehead atoms. The van der Waals surface area contributed by atoms with E-state index < -0.39 is 0 Å². The first kappa shape index (κ1) is 16.7. The van der Waals surface area contributed by atoms with Gasteiger partial charge in [-0.2, -0.15) is 0 Å². The molecule has 2 aromatic carbocycles. The topological polar surface area (TPSA) is 52.8 Å². The van der Waals surface area contributed by atoms with Gasteiger partial charge in [0.1, 0.15) is 18.2 Å². The third-order valence-corrected chi connectivity index (χ3v) is 5.03. The molecule has 0 fully saturated rings. The van der Waals surface area contributed by atoms with Crippen LogP contribution in [0, 0.1) is 0 Å². The van der Waals surface area contributed by atoms with Crippen LogP contribution in [0.15, 0.2) is 73.6 Å². The van der Waals surface area contributed by atoms with Crippen molar-refractivity contribution in [1.82, 2.24) is 19.5 Å². The minimum absolute atomic E-state index is 0.250. The first-order valence-corrected chi connectivity index (χ1v) is 9.42. The summed E-state index contributed by atoms with van der Waals surface area (Å²) in [4.78, 5) is 13.1. The molecule has 5 rings (SSSR count). The number of hydrogen-bond acceptors (Lipinski definition) is 4. The quantitative estimate of drug-likeness (QED) is 0.536. The normalized spacial score (nSPS) is 15.2. The van der Waals surface area contributed by atoms with Crippen LogP contribution in [-0.4, -0.2) is 25.6 Å². The van der Waals surface area contributed by atoms with Crippen LogP contribution in [0.25, 0.3) is 22.5 Å². The van der Waals surface area contributed by atoms with Gasteiger partial charge in [0, 0.05) is 36.5 Å². The molecular weight excluding hydrogens is 348 g/mol. The Hall–Kier alpha value is -3.47. The van der Waals surface area contributed by atoms with E-state index in [1.54, 1.807) is 6.33 Å². The maximum absolute atomic E-state index is 5.83. The van der Waals surface area contributed by atoms with Gasteiger partial charge in [-0.1, -0.05) is 42.5 Å². The van der Waals surface area contributed by atoms with Crippen LogP contribution in [-0.2, 0) is 13.0 Å². The van der Waals surface area contributed by atoms with Gasteiger partial charge in [0.25, 0.3) is 0 Å². The van der Waals surface area contributed by atoms with Crippen molar-refractivity contribution in [3.63, 3.8) is 0 Å². The summed E-state index contributed by atoms with van der Waals surface area (Å²) in [6.07, 6.45) is 8.34. The largest absolute Gasteiger partial charge is 0.490 e. The Morgan fingerprint density at radius 2 is 1.86 bits per heavy atom. The number of benzene rings is 2. The van der Waals surface area contributed by atoms with Crippen LogP contribution in [0.5, 0.6) is 5.75 Å². The highest BCUT2D eigenvalue weighted by atomic mass is 16.5. The van der Waals surface area contributed by atoms with E-state index >= 15 is 0 Å². The SMILES string of the molecule is C[C@H]1Cc2cc(Cn3cnc(-c4ccccc4)c3-c3cncnc3)ccc2O1. The van der Waals surface area contributed by atoms with Crippen LogP contribution in [0.3, 0.4) is 0 Å². The number of imidazole rings is 1. The smallest absolute Gasteiger partial charge is 0.123 e. The van der Waals surface area contributed by atoms with Crippen LogP contribution >= 0.6 is 0 Å². The van der Waals surface area contributed by atoms with E-state index in [-0.39, 0.29) is 6.10 Å². The number of rotatable bonds is 4. The van der Waals surface area contributed by atoms with Crippen molar-refractivity contribution in [3.05, 3.63) is 84.7 Å². The van der Waals surface area contributed by atoms with Gasteiger partial charge in [0.05, 0.1) is 17.7 Å². The lowest BCUT2D eigenvalue weighted by Gasteiger charge is -2.11. The molecule has 4 aromatic rings. The van der Waals surface area contributed by atoms with Crippen molar-refractivity contribution in [2.75, 3.05) is 0 Å². The number of aromatic nitrogens is 4. The Labute approximate surface area is 163 Å². The molecule has 1 atom stereocenters. The van der Waals surface area contributed by atoms with Gasteiger partial charge < -0.3 is 9.30 Å². The lowest BCUT2D eigenvalue weighted by molar-refractivity contribution is 0.254. The molecule has 5 heteroatoms. The first-order valence-electron chi connectivity index (χ1n) is 9.42. The highest BCUT2D eigenvalue weighted by Gasteiger charge is 2.20. The summed E-state index contributed by atoms with van der Waals surface area (Å²) in [6.45, 7) is 2.83. The van der Waals surface area contributed by atoms with Crippen molar-refractivity contribution in [1.29, 1.82) is 0 Å². The third-order valence-electron chi connectivity index (χ3n) is 5.03. The molecule has 0 spiro atoms. The fourth-order valence-corrected chi connectivity index (χ4v) is 3.80. The molecule has 1 aliphatic rings. The second kappa shape index (κ2) is 6.93. The summed E-state index contributed by atoms with van der Waals surface area (Å²) < 4.78 is 8.00. The molecule has 5 nitrogen and oxygen atoms in total. The molecular formula is C23H20N4O. The number of fused-ring (bicyclic) bond motifs is 1. The Kier molecular flexibility index (Phi) is 4.13. The Bertz CT molecular complexity index is 1110. The second-order valence-corrected chi connectivity index (χ2v) is 7.14. The van der Waals surface area contributed by atoms with E-state index in [1.165, 1.54) is 11.1 Å². The maximum atomic E-state index is 5.83. The molecule has 0 amide bonds. The molecule has 3 heterocycles. The monoisotopic (exact) mass is 368 g/mol. The van der Waals surface area contributed by atoms with Crippen molar-refractivity contribution >= 4 is 0 Å². The molecule has 0 N–H and O–H groups in total. The van der Waals surface area contributed by atoms with Crippen LogP contribution in [0.2, 0.25) is 0 Å². The average molecular weight is 368 g/mol. The lowest BCUT2D eigenvalue weighted by Crippen LogP contribution is -2.05. The predicted molar refractivity (Wildman–Crippen MR) is 108 cm³/mol. The summed E-state index contributed by atoms with van der Waals surface area (Å²) in [6, 6.07) is 16.7. The van der Waals surface area contributed by atoms with Gasteiger partial charge in [0.2, 0.25) is 0 Å². The Morgan fingerprint density at radius 3 is 2.68 bits per heavy atom. The Balaban J connectivity index is 1.57. The Morgan fingerprint density at radius 1 is 1.04 bits per heavy atom. The zero-order valence-electron chi connectivity index (χ0n) is 15.6. The van der Waals surface area contributed by atoms with Gasteiger partial charge in [-0.15, -0.1) is 0 Å². The van der Waals surface area contributed by atoms with Gasteiger partial charge in [-0.25, -0.2) is 15.0 Å². The molecule has 1 aliphatic heterocycles. The molecule has 0 saturated heterocycles. The van der Waals surface area contributed by atoms with E-state index in [4.69, 9.17) is 9.72 Å². The molecule has 0 aliphatic carbocycles. The molecule has 28 heavy (non-hydrogen) atoms. The lowest BCUT2D eigenvalue weighted by atomic mass is 10.1. The summed E-state index contributed by atoms with van der Waals surface area (Å²) in [5.74, 6) is 1.00. The van der Waals surface area contributed by atoms with E-state index in [0.717, 1.165) is 41.2 Å². The molecule has 2 aromatic heterocycles. The second-order valence-electron chi connectivity index (χ2n) is 7.14. The summed E-state index contributed by atoms with van der Waals surface area (Å²) in [7, 11) is 0. The zero-order valence-corrected chi connectivity index (χ0v) is 15.6. The van der Waals surface area contributed by atoms with Gasteiger partial charge in [0.15, 0.2) is 0 Å².